The number of hydrogen-bond acceptors (Lipinski definition) is 6. The number of urea groups is 1. The van der Waals surface area contributed by atoms with E-state index >= 15 is 0 Å². The molecule has 0 aromatic rings. The lowest BCUT2D eigenvalue weighted by atomic mass is 10.0. The van der Waals surface area contributed by atoms with Crippen molar-refractivity contribution in [1.82, 2.24) is 16.0 Å². The van der Waals surface area contributed by atoms with Crippen molar-refractivity contribution in [2.45, 2.75) is 43.0 Å². The maximum Gasteiger partial charge on any atom is 0.315 e. The van der Waals surface area contributed by atoms with Gasteiger partial charge in [-0.3, -0.25) is 4.79 Å². The van der Waals surface area contributed by atoms with Gasteiger partial charge in [0.2, 0.25) is 5.91 Å². The number of rotatable bonds is 14. The van der Waals surface area contributed by atoms with E-state index in [2.05, 4.69) is 26.0 Å². The predicted octanol–water partition coefficient (Wildman–Crippen LogP) is 1.17. The van der Waals surface area contributed by atoms with E-state index in [1.165, 1.54) is 0 Å². The molecule has 0 saturated carbocycles. The molecule has 2 heterocycles. The standard InChI is InChI=1S/C16H28N6O4S/c17-22-19-6-8-26-10-9-25-7-5-18-14(23)4-2-1-3-13-15-12(11-27-13)20-16(24)21-15/h12-13,15H,1-11H2,(H,18,23)(H2,20,21,24)/t12-,13+,15-/m1/s1. The van der Waals surface area contributed by atoms with Gasteiger partial charge in [-0.1, -0.05) is 11.5 Å². The third-order valence-corrected chi connectivity index (χ3v) is 5.93. The van der Waals surface area contributed by atoms with Gasteiger partial charge in [-0.2, -0.15) is 11.8 Å². The van der Waals surface area contributed by atoms with Crippen molar-refractivity contribution in [2.75, 3.05) is 45.3 Å². The second-order valence-corrected chi connectivity index (χ2v) is 7.67. The molecule has 3 N–H and O–H groups in total. The number of nitrogens with one attached hydrogen (secondary N) is 3. The Balaban J connectivity index is 1.38. The Morgan fingerprint density at radius 3 is 2.89 bits per heavy atom. The highest BCUT2D eigenvalue weighted by Crippen LogP contribution is 2.33. The molecule has 2 aliphatic heterocycles. The quantitative estimate of drug-likeness (QED) is 0.132. The second kappa shape index (κ2) is 12.7. The summed E-state index contributed by atoms with van der Waals surface area (Å²) < 4.78 is 10.5. The van der Waals surface area contributed by atoms with Crippen LogP contribution < -0.4 is 16.0 Å². The topological polar surface area (TPSA) is 137 Å². The van der Waals surface area contributed by atoms with Crippen LogP contribution in [0.1, 0.15) is 25.7 Å². The summed E-state index contributed by atoms with van der Waals surface area (Å²) in [6, 6.07) is 0.431. The summed E-state index contributed by atoms with van der Waals surface area (Å²) in [6.07, 6.45) is 3.36. The fraction of sp³-hybridized carbons (Fsp3) is 0.875. The van der Waals surface area contributed by atoms with Gasteiger partial charge in [0, 0.05) is 35.4 Å². The van der Waals surface area contributed by atoms with Crippen LogP contribution in [0.2, 0.25) is 0 Å². The van der Waals surface area contributed by atoms with Gasteiger partial charge in [0.1, 0.15) is 0 Å². The van der Waals surface area contributed by atoms with Gasteiger partial charge in [0.25, 0.3) is 0 Å². The average Bonchev–Trinajstić information content (AvgIpc) is 3.20. The summed E-state index contributed by atoms with van der Waals surface area (Å²) in [5.41, 5.74) is 8.10. The van der Waals surface area contributed by atoms with Gasteiger partial charge in [-0.25, -0.2) is 4.79 Å². The van der Waals surface area contributed by atoms with Gasteiger partial charge in [0.05, 0.1) is 38.5 Å². The highest BCUT2D eigenvalue weighted by atomic mass is 32.2. The first-order valence-electron chi connectivity index (χ1n) is 9.32. The van der Waals surface area contributed by atoms with E-state index in [-0.39, 0.29) is 24.0 Å². The molecule has 2 rings (SSSR count). The third-order valence-electron chi connectivity index (χ3n) is 4.42. The molecule has 0 aliphatic carbocycles. The first-order valence-corrected chi connectivity index (χ1v) is 10.4. The minimum Gasteiger partial charge on any atom is -0.379 e. The van der Waals surface area contributed by atoms with Gasteiger partial charge in [-0.05, 0) is 18.4 Å². The van der Waals surface area contributed by atoms with Crippen LogP contribution in [0, 0.1) is 0 Å². The number of hydrogen-bond donors (Lipinski definition) is 3. The van der Waals surface area contributed by atoms with Crippen molar-refractivity contribution in [3.8, 4) is 0 Å². The summed E-state index contributed by atoms with van der Waals surface area (Å²) in [5, 5.41) is 12.6. The number of amides is 3. The molecular formula is C16H28N6O4S. The number of ether oxygens (including phenoxy) is 2. The van der Waals surface area contributed by atoms with E-state index in [1.54, 1.807) is 0 Å². The zero-order chi connectivity index (χ0) is 19.3. The summed E-state index contributed by atoms with van der Waals surface area (Å²) >= 11 is 1.90. The second-order valence-electron chi connectivity index (χ2n) is 6.40. The lowest BCUT2D eigenvalue weighted by molar-refractivity contribution is -0.121. The molecule has 0 spiro atoms. The molecule has 0 bridgehead atoms. The summed E-state index contributed by atoms with van der Waals surface area (Å²) in [7, 11) is 0. The minimum absolute atomic E-state index is 0.0389. The highest BCUT2D eigenvalue weighted by Gasteiger charge is 2.42. The van der Waals surface area contributed by atoms with E-state index in [4.69, 9.17) is 15.0 Å². The third kappa shape index (κ3) is 8.25. The first-order chi connectivity index (χ1) is 13.2. The Labute approximate surface area is 163 Å². The number of thioether (sulfide) groups is 1. The number of carbonyl (C=O) groups is 2. The summed E-state index contributed by atoms with van der Waals surface area (Å²) in [6.45, 7) is 2.51. The van der Waals surface area contributed by atoms with Gasteiger partial charge < -0.3 is 25.4 Å². The molecule has 3 atom stereocenters. The molecule has 2 aliphatic rings. The van der Waals surface area contributed by atoms with Gasteiger partial charge in [0.15, 0.2) is 0 Å². The van der Waals surface area contributed by atoms with E-state index < -0.39 is 0 Å². The summed E-state index contributed by atoms with van der Waals surface area (Å²) in [5.74, 6) is 1.00. The SMILES string of the molecule is [N-]=[N+]=NCCOCCOCCNC(=O)CCCC[C@@H]1SC[C@H]2NC(=O)N[C@@H]12. The number of carbonyl (C=O) groups excluding carboxylic acids is 2. The molecule has 27 heavy (non-hydrogen) atoms. The molecule has 152 valence electrons. The Morgan fingerprint density at radius 2 is 2.07 bits per heavy atom. The lowest BCUT2D eigenvalue weighted by Crippen LogP contribution is -2.36. The Morgan fingerprint density at radius 1 is 1.26 bits per heavy atom. The molecule has 2 fully saturated rings. The van der Waals surface area contributed by atoms with Crippen LogP contribution in [0.25, 0.3) is 10.4 Å². The molecule has 0 aromatic carbocycles. The Bertz CT molecular complexity index is 531. The predicted molar refractivity (Wildman–Crippen MR) is 103 cm³/mol. The number of unbranched alkanes of at least 4 members (excludes halogenated alkanes) is 1. The van der Waals surface area contributed by atoms with Crippen LogP contribution in [0.5, 0.6) is 0 Å². The molecule has 0 radical (unpaired) electrons. The van der Waals surface area contributed by atoms with Crippen LogP contribution in [0.15, 0.2) is 5.11 Å². The molecule has 0 aromatic heterocycles. The van der Waals surface area contributed by atoms with E-state index in [0.29, 0.717) is 51.2 Å². The van der Waals surface area contributed by atoms with Crippen LogP contribution in [-0.4, -0.2) is 74.5 Å². The maximum absolute atomic E-state index is 11.8. The zero-order valence-electron chi connectivity index (χ0n) is 15.4. The highest BCUT2D eigenvalue weighted by molar-refractivity contribution is 8.00. The Kier molecular flexibility index (Phi) is 10.1. The number of azide groups is 1. The van der Waals surface area contributed by atoms with Gasteiger partial charge >= 0.3 is 6.03 Å². The van der Waals surface area contributed by atoms with Crippen LogP contribution in [0.3, 0.4) is 0 Å². The fourth-order valence-electron chi connectivity index (χ4n) is 3.10. The van der Waals surface area contributed by atoms with Crippen molar-refractivity contribution in [3.63, 3.8) is 0 Å². The van der Waals surface area contributed by atoms with Crippen molar-refractivity contribution in [1.29, 1.82) is 0 Å². The van der Waals surface area contributed by atoms with Crippen molar-refractivity contribution >= 4 is 23.7 Å². The molecule has 3 amide bonds. The van der Waals surface area contributed by atoms with Crippen LogP contribution in [-0.2, 0) is 14.3 Å². The average molecular weight is 401 g/mol. The van der Waals surface area contributed by atoms with Crippen molar-refractivity contribution in [2.24, 2.45) is 5.11 Å². The largest absolute Gasteiger partial charge is 0.379 e. The summed E-state index contributed by atoms with van der Waals surface area (Å²) in [4.78, 5) is 25.8. The van der Waals surface area contributed by atoms with Crippen molar-refractivity contribution < 1.29 is 19.1 Å². The molecule has 0 unspecified atom stereocenters. The number of nitrogens with zero attached hydrogens (tertiary/aromatic N) is 3. The fourth-order valence-corrected chi connectivity index (χ4v) is 4.64. The normalized spacial score (nSPS) is 23.3. The van der Waals surface area contributed by atoms with Crippen molar-refractivity contribution in [3.05, 3.63) is 10.4 Å². The lowest BCUT2D eigenvalue weighted by Gasteiger charge is -2.16. The molecular weight excluding hydrogens is 372 g/mol. The molecule has 2 saturated heterocycles. The van der Waals surface area contributed by atoms with Crippen LogP contribution in [0.4, 0.5) is 4.79 Å². The van der Waals surface area contributed by atoms with Gasteiger partial charge in [-0.15, -0.1) is 0 Å². The zero-order valence-corrected chi connectivity index (χ0v) is 16.2. The molecule has 11 heteroatoms. The number of fused-ring (bicyclic) bond motifs is 1. The van der Waals surface area contributed by atoms with E-state index in [9.17, 15) is 9.59 Å². The monoisotopic (exact) mass is 400 g/mol. The van der Waals surface area contributed by atoms with E-state index in [1.807, 2.05) is 11.8 Å². The minimum atomic E-state index is -0.0587. The van der Waals surface area contributed by atoms with Crippen LogP contribution >= 0.6 is 11.8 Å². The Hall–Kier alpha value is -1.68. The maximum atomic E-state index is 11.8. The molecule has 10 nitrogen and oxygen atoms in total. The smallest absolute Gasteiger partial charge is 0.315 e. The van der Waals surface area contributed by atoms with E-state index in [0.717, 1.165) is 25.0 Å². The first kappa shape index (κ1) is 21.6.